The molecule has 0 spiro atoms. The number of carbonyl (C=O) groups is 2. The molecule has 0 aromatic heterocycles. The number of likely N-dealkylation sites (tertiary alicyclic amines) is 1. The average molecular weight is 412 g/mol. The smallest absolute Gasteiger partial charge is 0.416 e. The molecule has 1 saturated heterocycles. The molecule has 1 aromatic rings. The second-order valence-corrected chi connectivity index (χ2v) is 6.38. The van der Waals surface area contributed by atoms with Gasteiger partial charge in [-0.1, -0.05) is 0 Å². The Kier molecular flexibility index (Phi) is 6.45. The van der Waals surface area contributed by atoms with E-state index in [0.717, 1.165) is 0 Å². The number of benzene rings is 1. The molecule has 0 aliphatic carbocycles. The number of alkyl halides is 6. The van der Waals surface area contributed by atoms with Crippen molar-refractivity contribution in [3.05, 3.63) is 29.3 Å². The lowest BCUT2D eigenvalue weighted by atomic mass is 10.1. The second-order valence-electron chi connectivity index (χ2n) is 6.38. The molecule has 1 aliphatic rings. The normalized spacial score (nSPS) is 16.0. The third-order valence-electron chi connectivity index (χ3n) is 4.24. The predicted octanol–water partition coefficient (Wildman–Crippen LogP) is 3.23. The van der Waals surface area contributed by atoms with Crippen molar-refractivity contribution in [2.24, 2.45) is 0 Å². The van der Waals surface area contributed by atoms with Gasteiger partial charge >= 0.3 is 12.4 Å². The van der Waals surface area contributed by atoms with Gasteiger partial charge in [-0.15, -0.1) is 0 Å². The average Bonchev–Trinajstić information content (AvgIpc) is 2.58. The molecule has 1 aromatic carbocycles. The Balaban J connectivity index is 1.98. The number of piperidine rings is 1. The van der Waals surface area contributed by atoms with Gasteiger partial charge < -0.3 is 15.0 Å². The van der Waals surface area contributed by atoms with E-state index in [9.17, 15) is 35.9 Å². The number of halogens is 6. The van der Waals surface area contributed by atoms with E-state index >= 15 is 0 Å². The van der Waals surface area contributed by atoms with Crippen LogP contribution >= 0.6 is 0 Å². The highest BCUT2D eigenvalue weighted by Crippen LogP contribution is 2.38. The predicted molar refractivity (Wildman–Crippen MR) is 85.4 cm³/mol. The van der Waals surface area contributed by atoms with Crippen molar-refractivity contribution in [1.82, 2.24) is 10.2 Å². The Hall–Kier alpha value is -2.46. The van der Waals surface area contributed by atoms with Crippen LogP contribution in [-0.4, -0.2) is 42.5 Å². The lowest BCUT2D eigenvalue weighted by molar-refractivity contribution is -0.143. The van der Waals surface area contributed by atoms with Crippen molar-refractivity contribution in [2.75, 3.05) is 19.7 Å². The number of ether oxygens (including phenoxy) is 1. The van der Waals surface area contributed by atoms with Gasteiger partial charge in [0.2, 0.25) is 5.91 Å². The van der Waals surface area contributed by atoms with Crippen LogP contribution in [0.4, 0.5) is 26.3 Å². The summed E-state index contributed by atoms with van der Waals surface area (Å²) in [6.45, 7) is 1.59. The van der Waals surface area contributed by atoms with Gasteiger partial charge in [-0.2, -0.15) is 26.3 Å². The van der Waals surface area contributed by atoms with Crippen molar-refractivity contribution in [2.45, 2.75) is 38.2 Å². The van der Waals surface area contributed by atoms with E-state index in [2.05, 4.69) is 5.32 Å². The summed E-state index contributed by atoms with van der Waals surface area (Å²) in [5, 5.41) is 2.59. The fourth-order valence-electron chi connectivity index (χ4n) is 2.77. The van der Waals surface area contributed by atoms with Crippen molar-refractivity contribution >= 4 is 11.8 Å². The molecule has 0 radical (unpaired) electrons. The van der Waals surface area contributed by atoms with Crippen molar-refractivity contribution < 1.29 is 40.7 Å². The molecular weight excluding hydrogens is 394 g/mol. The number of rotatable bonds is 4. The highest BCUT2D eigenvalue weighted by atomic mass is 19.4. The van der Waals surface area contributed by atoms with Crippen LogP contribution in [0.3, 0.4) is 0 Å². The molecule has 156 valence electrons. The standard InChI is InChI=1S/C17H18F6N2O3/c1-10(26)25-4-2-13(3-5-25)24-15(27)9-28-14-7-11(16(18,19)20)6-12(8-14)17(21,22)23/h6-8,13H,2-5,9H2,1H3,(H,24,27). The first-order chi connectivity index (χ1) is 12.9. The Bertz CT molecular complexity index is 692. The summed E-state index contributed by atoms with van der Waals surface area (Å²) in [4.78, 5) is 24.8. The van der Waals surface area contributed by atoms with Crippen LogP contribution in [0.15, 0.2) is 18.2 Å². The molecule has 2 rings (SSSR count). The number of hydrogen-bond acceptors (Lipinski definition) is 3. The molecule has 1 N–H and O–H groups in total. The topological polar surface area (TPSA) is 58.6 Å². The van der Waals surface area contributed by atoms with E-state index in [1.807, 2.05) is 0 Å². The Labute approximate surface area is 156 Å². The minimum atomic E-state index is -4.99. The van der Waals surface area contributed by atoms with Gasteiger partial charge in [-0.25, -0.2) is 0 Å². The molecule has 11 heteroatoms. The third kappa shape index (κ3) is 6.03. The summed E-state index contributed by atoms with van der Waals surface area (Å²) in [7, 11) is 0. The number of hydrogen-bond donors (Lipinski definition) is 1. The van der Waals surface area contributed by atoms with Crippen LogP contribution in [0, 0.1) is 0 Å². The lowest BCUT2D eigenvalue weighted by Crippen LogP contribution is -2.47. The highest BCUT2D eigenvalue weighted by molar-refractivity contribution is 5.78. The van der Waals surface area contributed by atoms with Crippen molar-refractivity contribution in [1.29, 1.82) is 0 Å². The monoisotopic (exact) mass is 412 g/mol. The minimum absolute atomic E-state index is 0.0181. The second kappa shape index (κ2) is 8.27. The van der Waals surface area contributed by atoms with Crippen LogP contribution < -0.4 is 10.1 Å². The summed E-state index contributed by atoms with van der Waals surface area (Å²) in [5.41, 5.74) is -3.04. The molecule has 0 saturated carbocycles. The number of amides is 2. The van der Waals surface area contributed by atoms with Gasteiger partial charge in [0, 0.05) is 26.1 Å². The first kappa shape index (κ1) is 21.8. The molecule has 0 unspecified atom stereocenters. The maximum atomic E-state index is 12.8. The van der Waals surface area contributed by atoms with E-state index < -0.39 is 41.7 Å². The number of nitrogens with one attached hydrogen (secondary N) is 1. The van der Waals surface area contributed by atoms with E-state index in [1.54, 1.807) is 4.90 Å². The van der Waals surface area contributed by atoms with Crippen LogP contribution in [0.1, 0.15) is 30.9 Å². The first-order valence-electron chi connectivity index (χ1n) is 8.33. The van der Waals surface area contributed by atoms with Gasteiger partial charge in [0.05, 0.1) is 11.1 Å². The summed E-state index contributed by atoms with van der Waals surface area (Å²) in [6.07, 6.45) is -9.00. The van der Waals surface area contributed by atoms with Crippen LogP contribution in [0.2, 0.25) is 0 Å². The van der Waals surface area contributed by atoms with E-state index in [-0.39, 0.29) is 18.0 Å². The van der Waals surface area contributed by atoms with Crippen molar-refractivity contribution in [3.8, 4) is 5.75 Å². The first-order valence-corrected chi connectivity index (χ1v) is 8.33. The largest absolute Gasteiger partial charge is 0.484 e. The molecule has 1 aliphatic heterocycles. The SMILES string of the molecule is CC(=O)N1CCC(NC(=O)COc2cc(C(F)(F)F)cc(C(F)(F)F)c2)CC1. The zero-order valence-corrected chi connectivity index (χ0v) is 14.8. The van der Waals surface area contributed by atoms with Crippen LogP contribution in [0.5, 0.6) is 5.75 Å². The Morgan fingerprint density at radius 2 is 1.54 bits per heavy atom. The van der Waals surface area contributed by atoms with E-state index in [4.69, 9.17) is 4.74 Å². The molecule has 1 heterocycles. The van der Waals surface area contributed by atoms with Gasteiger partial charge in [0.1, 0.15) is 5.75 Å². The molecule has 28 heavy (non-hydrogen) atoms. The zero-order chi connectivity index (χ0) is 21.1. The van der Waals surface area contributed by atoms with Crippen LogP contribution in [0.25, 0.3) is 0 Å². The molecule has 0 atom stereocenters. The maximum absolute atomic E-state index is 12.8. The summed E-state index contributed by atoms with van der Waals surface area (Å²) in [5.74, 6) is -1.46. The van der Waals surface area contributed by atoms with E-state index in [1.165, 1.54) is 6.92 Å². The maximum Gasteiger partial charge on any atom is 0.416 e. The number of carbonyl (C=O) groups excluding carboxylic acids is 2. The van der Waals surface area contributed by atoms with Gasteiger partial charge in [-0.05, 0) is 31.0 Å². The quantitative estimate of drug-likeness (QED) is 0.773. The summed E-state index contributed by atoms with van der Waals surface area (Å²) in [6, 6.07) is 0.552. The molecule has 1 fully saturated rings. The number of nitrogens with zero attached hydrogens (tertiary/aromatic N) is 1. The Morgan fingerprint density at radius 3 is 1.96 bits per heavy atom. The minimum Gasteiger partial charge on any atom is -0.484 e. The lowest BCUT2D eigenvalue weighted by Gasteiger charge is -2.31. The molecule has 2 amide bonds. The summed E-state index contributed by atoms with van der Waals surface area (Å²) >= 11 is 0. The molecule has 0 bridgehead atoms. The fourth-order valence-corrected chi connectivity index (χ4v) is 2.77. The van der Waals surface area contributed by atoms with E-state index in [0.29, 0.717) is 38.1 Å². The third-order valence-corrected chi connectivity index (χ3v) is 4.24. The van der Waals surface area contributed by atoms with Crippen LogP contribution in [-0.2, 0) is 21.9 Å². The molecular formula is C17H18F6N2O3. The zero-order valence-electron chi connectivity index (χ0n) is 14.8. The van der Waals surface area contributed by atoms with Gasteiger partial charge in [0.15, 0.2) is 6.61 Å². The Morgan fingerprint density at radius 1 is 1.04 bits per heavy atom. The molecule has 5 nitrogen and oxygen atoms in total. The van der Waals surface area contributed by atoms with Crippen molar-refractivity contribution in [3.63, 3.8) is 0 Å². The summed E-state index contributed by atoms with van der Waals surface area (Å²) < 4.78 is 81.7. The fraction of sp³-hybridized carbons (Fsp3) is 0.529. The van der Waals surface area contributed by atoms with Gasteiger partial charge in [0.25, 0.3) is 5.91 Å². The van der Waals surface area contributed by atoms with Gasteiger partial charge in [-0.3, -0.25) is 9.59 Å². The highest BCUT2D eigenvalue weighted by Gasteiger charge is 2.37.